The molecule has 0 aliphatic heterocycles. The Morgan fingerprint density at radius 3 is 2.56 bits per heavy atom. The number of carbonyl (C=O) groups excluding carboxylic acids is 1. The SMILES string of the molecule is CC[C@H](C)NC(=O)COc1ccccc1C(C)C. The second-order valence-electron chi connectivity index (χ2n) is 4.86. The van der Waals surface area contributed by atoms with Crippen LogP contribution >= 0.6 is 0 Å². The lowest BCUT2D eigenvalue weighted by atomic mass is 10.0. The van der Waals surface area contributed by atoms with Crippen molar-refractivity contribution in [3.8, 4) is 5.75 Å². The summed E-state index contributed by atoms with van der Waals surface area (Å²) in [6, 6.07) is 8.05. The van der Waals surface area contributed by atoms with Crippen LogP contribution in [0.4, 0.5) is 0 Å². The smallest absolute Gasteiger partial charge is 0.258 e. The van der Waals surface area contributed by atoms with E-state index in [4.69, 9.17) is 4.74 Å². The van der Waals surface area contributed by atoms with Crippen molar-refractivity contribution in [1.29, 1.82) is 0 Å². The molecule has 0 bridgehead atoms. The minimum Gasteiger partial charge on any atom is -0.483 e. The molecule has 1 aromatic rings. The summed E-state index contributed by atoms with van der Waals surface area (Å²) in [6.07, 6.45) is 0.925. The summed E-state index contributed by atoms with van der Waals surface area (Å²) in [5.74, 6) is 1.12. The van der Waals surface area contributed by atoms with Gasteiger partial charge < -0.3 is 10.1 Å². The van der Waals surface area contributed by atoms with Crippen LogP contribution in [-0.4, -0.2) is 18.6 Å². The fourth-order valence-corrected chi connectivity index (χ4v) is 1.65. The van der Waals surface area contributed by atoms with Gasteiger partial charge in [-0.25, -0.2) is 0 Å². The molecule has 1 aromatic carbocycles. The van der Waals surface area contributed by atoms with Gasteiger partial charge in [-0.2, -0.15) is 0 Å². The molecule has 0 radical (unpaired) electrons. The first-order valence-electron chi connectivity index (χ1n) is 6.55. The first-order chi connectivity index (χ1) is 8.54. The van der Waals surface area contributed by atoms with Gasteiger partial charge in [-0.1, -0.05) is 39.0 Å². The van der Waals surface area contributed by atoms with Gasteiger partial charge in [0.25, 0.3) is 5.91 Å². The molecule has 1 amide bonds. The summed E-state index contributed by atoms with van der Waals surface area (Å²) in [7, 11) is 0. The lowest BCUT2D eigenvalue weighted by molar-refractivity contribution is -0.123. The largest absolute Gasteiger partial charge is 0.483 e. The Balaban J connectivity index is 2.56. The number of amides is 1. The van der Waals surface area contributed by atoms with Crippen molar-refractivity contribution in [3.05, 3.63) is 29.8 Å². The third-order valence-corrected chi connectivity index (χ3v) is 2.92. The van der Waals surface area contributed by atoms with E-state index in [1.807, 2.05) is 38.1 Å². The number of carbonyl (C=O) groups is 1. The van der Waals surface area contributed by atoms with Crippen molar-refractivity contribution >= 4 is 5.91 Å². The molecule has 0 spiro atoms. The molecule has 3 heteroatoms. The van der Waals surface area contributed by atoms with Crippen molar-refractivity contribution in [2.75, 3.05) is 6.61 Å². The normalized spacial score (nSPS) is 12.3. The topological polar surface area (TPSA) is 38.3 Å². The van der Waals surface area contributed by atoms with E-state index in [0.29, 0.717) is 5.92 Å². The molecule has 18 heavy (non-hydrogen) atoms. The summed E-state index contributed by atoms with van der Waals surface area (Å²) < 4.78 is 5.59. The predicted octanol–water partition coefficient (Wildman–Crippen LogP) is 3.10. The lowest BCUT2D eigenvalue weighted by Gasteiger charge is -2.15. The molecule has 0 aliphatic carbocycles. The molecular formula is C15H23NO2. The molecule has 0 heterocycles. The van der Waals surface area contributed by atoms with E-state index in [-0.39, 0.29) is 18.6 Å². The van der Waals surface area contributed by atoms with Gasteiger partial charge >= 0.3 is 0 Å². The summed E-state index contributed by atoms with van der Waals surface area (Å²) in [6.45, 7) is 8.33. The van der Waals surface area contributed by atoms with Crippen LogP contribution in [0.2, 0.25) is 0 Å². The fraction of sp³-hybridized carbons (Fsp3) is 0.533. The number of para-hydroxylation sites is 1. The van der Waals surface area contributed by atoms with Crippen molar-refractivity contribution in [2.45, 2.75) is 46.1 Å². The number of hydrogen-bond donors (Lipinski definition) is 1. The van der Waals surface area contributed by atoms with Gasteiger partial charge in [0.1, 0.15) is 5.75 Å². The van der Waals surface area contributed by atoms with Crippen LogP contribution in [-0.2, 0) is 4.79 Å². The van der Waals surface area contributed by atoms with Gasteiger partial charge in [0.2, 0.25) is 0 Å². The van der Waals surface area contributed by atoms with Gasteiger partial charge in [-0.3, -0.25) is 4.79 Å². The minimum atomic E-state index is -0.0668. The monoisotopic (exact) mass is 249 g/mol. The van der Waals surface area contributed by atoms with E-state index in [0.717, 1.165) is 17.7 Å². The summed E-state index contributed by atoms with van der Waals surface area (Å²) in [4.78, 5) is 11.6. The molecule has 100 valence electrons. The van der Waals surface area contributed by atoms with Crippen LogP contribution in [0.3, 0.4) is 0 Å². The standard InChI is InChI=1S/C15H23NO2/c1-5-12(4)16-15(17)10-18-14-9-7-6-8-13(14)11(2)3/h6-9,11-12H,5,10H2,1-4H3,(H,16,17)/t12-/m0/s1. The number of benzene rings is 1. The zero-order chi connectivity index (χ0) is 13.5. The van der Waals surface area contributed by atoms with Crippen molar-refractivity contribution in [2.24, 2.45) is 0 Å². The van der Waals surface area contributed by atoms with Gasteiger partial charge in [0.05, 0.1) is 0 Å². The average Bonchev–Trinajstić information content (AvgIpc) is 2.36. The third kappa shape index (κ3) is 4.40. The number of nitrogens with one attached hydrogen (secondary N) is 1. The van der Waals surface area contributed by atoms with E-state index in [1.165, 1.54) is 0 Å². The van der Waals surface area contributed by atoms with Gasteiger partial charge in [0, 0.05) is 6.04 Å². The molecule has 1 rings (SSSR count). The Morgan fingerprint density at radius 2 is 1.94 bits per heavy atom. The lowest BCUT2D eigenvalue weighted by Crippen LogP contribution is -2.35. The Morgan fingerprint density at radius 1 is 1.28 bits per heavy atom. The zero-order valence-electron chi connectivity index (χ0n) is 11.7. The third-order valence-electron chi connectivity index (χ3n) is 2.92. The van der Waals surface area contributed by atoms with Gasteiger partial charge in [0.15, 0.2) is 6.61 Å². The molecule has 0 saturated heterocycles. The van der Waals surface area contributed by atoms with E-state index >= 15 is 0 Å². The Bertz CT molecular complexity index is 388. The summed E-state index contributed by atoms with van der Waals surface area (Å²) in [5.41, 5.74) is 1.13. The van der Waals surface area contributed by atoms with E-state index in [1.54, 1.807) is 0 Å². The molecule has 0 fully saturated rings. The molecular weight excluding hydrogens is 226 g/mol. The Labute approximate surface area is 110 Å². The molecule has 1 atom stereocenters. The number of ether oxygens (including phenoxy) is 1. The van der Waals surface area contributed by atoms with Crippen LogP contribution in [0.5, 0.6) is 5.75 Å². The van der Waals surface area contributed by atoms with Crippen LogP contribution in [0.1, 0.15) is 45.6 Å². The maximum Gasteiger partial charge on any atom is 0.258 e. The van der Waals surface area contributed by atoms with Crippen molar-refractivity contribution in [3.63, 3.8) is 0 Å². The molecule has 0 saturated carbocycles. The van der Waals surface area contributed by atoms with Gasteiger partial charge in [-0.15, -0.1) is 0 Å². The average molecular weight is 249 g/mol. The fourth-order valence-electron chi connectivity index (χ4n) is 1.65. The first kappa shape index (κ1) is 14.6. The summed E-state index contributed by atoms with van der Waals surface area (Å²) >= 11 is 0. The number of rotatable bonds is 6. The summed E-state index contributed by atoms with van der Waals surface area (Å²) in [5, 5.41) is 2.88. The van der Waals surface area contributed by atoms with E-state index in [2.05, 4.69) is 19.2 Å². The second-order valence-corrected chi connectivity index (χ2v) is 4.86. The predicted molar refractivity (Wildman–Crippen MR) is 73.9 cm³/mol. The van der Waals surface area contributed by atoms with Crippen LogP contribution < -0.4 is 10.1 Å². The van der Waals surface area contributed by atoms with E-state index < -0.39 is 0 Å². The van der Waals surface area contributed by atoms with Crippen molar-refractivity contribution < 1.29 is 9.53 Å². The highest BCUT2D eigenvalue weighted by molar-refractivity contribution is 5.77. The van der Waals surface area contributed by atoms with Crippen LogP contribution in [0.25, 0.3) is 0 Å². The van der Waals surface area contributed by atoms with Gasteiger partial charge in [-0.05, 0) is 30.9 Å². The number of hydrogen-bond acceptors (Lipinski definition) is 2. The van der Waals surface area contributed by atoms with Crippen molar-refractivity contribution in [1.82, 2.24) is 5.32 Å². The second kappa shape index (κ2) is 7.04. The quantitative estimate of drug-likeness (QED) is 0.841. The highest BCUT2D eigenvalue weighted by Gasteiger charge is 2.10. The molecule has 1 N–H and O–H groups in total. The molecule has 0 aliphatic rings. The Kier molecular flexibility index (Phi) is 5.69. The molecule has 3 nitrogen and oxygen atoms in total. The first-order valence-corrected chi connectivity index (χ1v) is 6.55. The van der Waals surface area contributed by atoms with E-state index in [9.17, 15) is 4.79 Å². The highest BCUT2D eigenvalue weighted by atomic mass is 16.5. The Hall–Kier alpha value is -1.51. The molecule has 0 unspecified atom stereocenters. The maximum atomic E-state index is 11.6. The maximum absolute atomic E-state index is 11.6. The molecule has 0 aromatic heterocycles. The zero-order valence-corrected chi connectivity index (χ0v) is 11.7. The van der Waals surface area contributed by atoms with Crippen LogP contribution in [0, 0.1) is 0 Å². The van der Waals surface area contributed by atoms with Crippen LogP contribution in [0.15, 0.2) is 24.3 Å². The minimum absolute atomic E-state index is 0.0668. The highest BCUT2D eigenvalue weighted by Crippen LogP contribution is 2.25.